The molecular weight excluding hydrogens is 288 g/mol. The monoisotopic (exact) mass is 308 g/mol. The quantitative estimate of drug-likeness (QED) is 0.373. The highest BCUT2D eigenvalue weighted by Gasteiger charge is 1.97. The van der Waals surface area contributed by atoms with Gasteiger partial charge < -0.3 is 0 Å². The van der Waals surface area contributed by atoms with Crippen molar-refractivity contribution in [1.82, 2.24) is 0 Å². The van der Waals surface area contributed by atoms with E-state index in [4.69, 9.17) is 0 Å². The fraction of sp³-hybridized carbons (Fsp3) is 0. The smallest absolute Gasteiger partial charge is 0.0178 e. The standard InChI is InChI=1S/C24H20/c1-4-12-21(13-5-1)14-10-11-19-24(23-17-8-3-9-18-23)20-22-15-6-2-7-16-22/h1-20H/b14-10-,19-11+,24-20-. The molecule has 0 saturated carbocycles. The molecule has 0 unspecified atom stereocenters. The van der Waals surface area contributed by atoms with Gasteiger partial charge in [0.1, 0.15) is 0 Å². The van der Waals surface area contributed by atoms with Gasteiger partial charge in [-0.25, -0.2) is 0 Å². The summed E-state index contributed by atoms with van der Waals surface area (Å²) in [4.78, 5) is 0. The van der Waals surface area contributed by atoms with Gasteiger partial charge >= 0.3 is 0 Å². The average Bonchev–Trinajstić information content (AvgIpc) is 2.66. The van der Waals surface area contributed by atoms with Crippen LogP contribution in [0.1, 0.15) is 16.7 Å². The SMILES string of the molecule is C(=C/c1ccccc1)/C=C/C(=C/c1ccccc1)c1ccccc1. The first-order valence-electron chi connectivity index (χ1n) is 8.14. The molecule has 3 aromatic carbocycles. The molecule has 0 heterocycles. The highest BCUT2D eigenvalue weighted by Crippen LogP contribution is 2.19. The Morgan fingerprint density at radius 1 is 0.542 bits per heavy atom. The molecule has 0 atom stereocenters. The van der Waals surface area contributed by atoms with Crippen LogP contribution in [0.4, 0.5) is 0 Å². The van der Waals surface area contributed by atoms with Gasteiger partial charge in [0.15, 0.2) is 0 Å². The van der Waals surface area contributed by atoms with Crippen molar-refractivity contribution in [3.63, 3.8) is 0 Å². The second kappa shape index (κ2) is 8.50. The number of rotatable bonds is 5. The average molecular weight is 308 g/mol. The van der Waals surface area contributed by atoms with Gasteiger partial charge in [0.05, 0.1) is 0 Å². The minimum absolute atomic E-state index is 1.19. The molecule has 0 nitrogen and oxygen atoms in total. The molecule has 0 saturated heterocycles. The molecule has 0 amide bonds. The normalized spacial score (nSPS) is 12.1. The minimum Gasteiger partial charge on any atom is -0.0622 e. The molecule has 116 valence electrons. The lowest BCUT2D eigenvalue weighted by Gasteiger charge is -2.03. The van der Waals surface area contributed by atoms with Crippen molar-refractivity contribution in [2.45, 2.75) is 0 Å². The highest BCUT2D eigenvalue weighted by atomic mass is 14.0. The van der Waals surface area contributed by atoms with E-state index in [2.05, 4.69) is 91.0 Å². The van der Waals surface area contributed by atoms with Crippen molar-refractivity contribution in [1.29, 1.82) is 0 Å². The van der Waals surface area contributed by atoms with E-state index in [1.165, 1.54) is 22.3 Å². The maximum absolute atomic E-state index is 2.21. The second-order valence-electron chi connectivity index (χ2n) is 5.51. The molecule has 0 aromatic heterocycles. The van der Waals surface area contributed by atoms with Gasteiger partial charge in [-0.15, -0.1) is 0 Å². The van der Waals surface area contributed by atoms with E-state index in [0.717, 1.165) is 0 Å². The van der Waals surface area contributed by atoms with Crippen LogP contribution in [-0.4, -0.2) is 0 Å². The summed E-state index contributed by atoms with van der Waals surface area (Å²) in [6.45, 7) is 0. The third-order valence-corrected chi connectivity index (χ3v) is 3.70. The fourth-order valence-electron chi connectivity index (χ4n) is 2.48. The molecule has 0 aliphatic rings. The zero-order valence-electron chi connectivity index (χ0n) is 13.5. The van der Waals surface area contributed by atoms with Crippen molar-refractivity contribution < 1.29 is 0 Å². The van der Waals surface area contributed by atoms with Crippen molar-refractivity contribution >= 4 is 17.7 Å². The second-order valence-corrected chi connectivity index (χ2v) is 5.51. The number of benzene rings is 3. The summed E-state index contributed by atoms with van der Waals surface area (Å²) in [6, 6.07) is 31.2. The van der Waals surface area contributed by atoms with E-state index in [9.17, 15) is 0 Å². The predicted octanol–water partition coefficient (Wildman–Crippen LogP) is 6.50. The van der Waals surface area contributed by atoms with E-state index in [1.807, 2.05) is 30.3 Å². The zero-order chi connectivity index (χ0) is 16.5. The van der Waals surface area contributed by atoms with Crippen LogP contribution in [0.5, 0.6) is 0 Å². The van der Waals surface area contributed by atoms with Crippen LogP contribution >= 0.6 is 0 Å². The zero-order valence-corrected chi connectivity index (χ0v) is 13.5. The Morgan fingerprint density at radius 3 is 1.71 bits per heavy atom. The van der Waals surface area contributed by atoms with Crippen molar-refractivity contribution in [2.24, 2.45) is 0 Å². The molecule has 24 heavy (non-hydrogen) atoms. The molecule has 0 N–H and O–H groups in total. The van der Waals surface area contributed by atoms with Gasteiger partial charge in [0.2, 0.25) is 0 Å². The van der Waals surface area contributed by atoms with Gasteiger partial charge in [-0.2, -0.15) is 0 Å². The minimum atomic E-state index is 1.19. The lowest BCUT2D eigenvalue weighted by molar-refractivity contribution is 1.61. The van der Waals surface area contributed by atoms with Gasteiger partial charge in [0.25, 0.3) is 0 Å². The van der Waals surface area contributed by atoms with E-state index in [0.29, 0.717) is 0 Å². The lowest BCUT2D eigenvalue weighted by atomic mass is 10.0. The Hall–Kier alpha value is -3.12. The summed E-state index contributed by atoms with van der Waals surface area (Å²) in [6.07, 6.45) is 10.7. The van der Waals surface area contributed by atoms with Crippen molar-refractivity contribution in [2.75, 3.05) is 0 Å². The summed E-state index contributed by atoms with van der Waals surface area (Å²) >= 11 is 0. The molecule has 0 fully saturated rings. The van der Waals surface area contributed by atoms with Crippen LogP contribution in [0.25, 0.3) is 17.7 Å². The summed E-state index contributed by atoms with van der Waals surface area (Å²) in [5.74, 6) is 0. The first-order valence-corrected chi connectivity index (χ1v) is 8.14. The maximum Gasteiger partial charge on any atom is -0.0178 e. The van der Waals surface area contributed by atoms with Crippen LogP contribution in [-0.2, 0) is 0 Å². The summed E-state index contributed by atoms with van der Waals surface area (Å²) in [7, 11) is 0. The first-order chi connectivity index (χ1) is 11.9. The third kappa shape index (κ3) is 4.69. The maximum atomic E-state index is 2.21. The predicted molar refractivity (Wildman–Crippen MR) is 105 cm³/mol. The Bertz CT molecular complexity index is 823. The Kier molecular flexibility index (Phi) is 5.58. The van der Waals surface area contributed by atoms with Gasteiger partial charge in [-0.3, -0.25) is 0 Å². The highest BCUT2D eigenvalue weighted by molar-refractivity contribution is 5.87. The fourth-order valence-corrected chi connectivity index (χ4v) is 2.48. The van der Waals surface area contributed by atoms with Crippen molar-refractivity contribution in [3.8, 4) is 0 Å². The van der Waals surface area contributed by atoms with Gasteiger partial charge in [-0.05, 0) is 28.3 Å². The summed E-state index contributed by atoms with van der Waals surface area (Å²) in [5, 5.41) is 0. The molecular formula is C24H20. The molecule has 3 aromatic rings. The third-order valence-electron chi connectivity index (χ3n) is 3.70. The largest absolute Gasteiger partial charge is 0.0622 e. The van der Waals surface area contributed by atoms with E-state index in [1.54, 1.807) is 0 Å². The molecule has 0 bridgehead atoms. The van der Waals surface area contributed by atoms with E-state index in [-0.39, 0.29) is 0 Å². The Balaban J connectivity index is 1.84. The van der Waals surface area contributed by atoms with Crippen LogP contribution in [0.3, 0.4) is 0 Å². The molecule has 0 radical (unpaired) electrons. The van der Waals surface area contributed by atoms with Crippen LogP contribution in [0, 0.1) is 0 Å². The topological polar surface area (TPSA) is 0 Å². The Labute approximate surface area is 144 Å². The van der Waals surface area contributed by atoms with E-state index < -0.39 is 0 Å². The number of hydrogen-bond donors (Lipinski definition) is 0. The van der Waals surface area contributed by atoms with E-state index >= 15 is 0 Å². The summed E-state index contributed by atoms with van der Waals surface area (Å²) < 4.78 is 0. The van der Waals surface area contributed by atoms with Crippen molar-refractivity contribution in [3.05, 3.63) is 126 Å². The van der Waals surface area contributed by atoms with Crippen LogP contribution in [0.15, 0.2) is 109 Å². The van der Waals surface area contributed by atoms with Gasteiger partial charge in [-0.1, -0.05) is 115 Å². The molecule has 0 aliphatic heterocycles. The van der Waals surface area contributed by atoms with Crippen LogP contribution in [0.2, 0.25) is 0 Å². The Morgan fingerprint density at radius 2 is 1.08 bits per heavy atom. The van der Waals surface area contributed by atoms with Gasteiger partial charge in [0, 0.05) is 0 Å². The lowest BCUT2D eigenvalue weighted by Crippen LogP contribution is -1.81. The first kappa shape index (κ1) is 15.8. The molecule has 3 rings (SSSR count). The van der Waals surface area contributed by atoms with Crippen LogP contribution < -0.4 is 0 Å². The summed E-state index contributed by atoms with van der Waals surface area (Å²) in [5.41, 5.74) is 4.81. The molecule has 0 heteroatoms. The number of hydrogen-bond acceptors (Lipinski definition) is 0. The molecule has 0 aliphatic carbocycles. The molecule has 0 spiro atoms. The number of allylic oxidation sites excluding steroid dienone is 4.